The number of aryl methyl sites for hydroxylation is 1. The summed E-state index contributed by atoms with van der Waals surface area (Å²) in [5, 5.41) is 3.00. The van der Waals surface area contributed by atoms with Crippen LogP contribution in [-0.2, 0) is 10.0 Å². The molecule has 7 heteroatoms. The molecule has 6 nitrogen and oxygen atoms in total. The van der Waals surface area contributed by atoms with Gasteiger partial charge in [-0.15, -0.1) is 0 Å². The number of nitrogens with zero attached hydrogens (tertiary/aromatic N) is 1. The second-order valence-electron chi connectivity index (χ2n) is 6.84. The number of sulfonamides is 1. The Hall–Kier alpha value is -2.22. The predicted octanol–water partition coefficient (Wildman–Crippen LogP) is 3.11. The van der Waals surface area contributed by atoms with Gasteiger partial charge in [0.2, 0.25) is 10.0 Å². The van der Waals surface area contributed by atoms with Gasteiger partial charge in [-0.05, 0) is 43.3 Å². The van der Waals surface area contributed by atoms with E-state index < -0.39 is 10.0 Å². The van der Waals surface area contributed by atoms with Crippen molar-refractivity contribution in [1.29, 1.82) is 0 Å². The highest BCUT2D eigenvalue weighted by atomic mass is 32.2. The Morgan fingerprint density at radius 2 is 1.69 bits per heavy atom. The summed E-state index contributed by atoms with van der Waals surface area (Å²) < 4.78 is 27.0. The first kappa shape index (κ1) is 23.1. The lowest BCUT2D eigenvalue weighted by atomic mass is 10.0. The van der Waals surface area contributed by atoms with Gasteiger partial charge in [0, 0.05) is 18.7 Å². The molecule has 0 saturated heterocycles. The molecular formula is C22H31N3O3S. The zero-order chi connectivity index (χ0) is 21.4. The SMILES string of the molecule is CCNS(=O)(=O)c1ccc(C)c(C(=O)NC[C@@H](c2ccccc2)N(CC)CC)c1. The summed E-state index contributed by atoms with van der Waals surface area (Å²) in [6, 6.07) is 14.8. The van der Waals surface area contributed by atoms with E-state index in [-0.39, 0.29) is 16.8 Å². The second-order valence-corrected chi connectivity index (χ2v) is 8.60. The highest BCUT2D eigenvalue weighted by Gasteiger charge is 2.21. The molecule has 0 bridgehead atoms. The van der Waals surface area contributed by atoms with E-state index >= 15 is 0 Å². The van der Waals surface area contributed by atoms with Gasteiger partial charge in [-0.1, -0.05) is 57.2 Å². The Morgan fingerprint density at radius 3 is 2.28 bits per heavy atom. The van der Waals surface area contributed by atoms with E-state index in [0.717, 1.165) is 24.2 Å². The van der Waals surface area contributed by atoms with Crippen molar-refractivity contribution in [2.45, 2.75) is 38.6 Å². The van der Waals surface area contributed by atoms with Crippen LogP contribution in [0.25, 0.3) is 0 Å². The highest BCUT2D eigenvalue weighted by Crippen LogP contribution is 2.20. The highest BCUT2D eigenvalue weighted by molar-refractivity contribution is 7.89. The minimum Gasteiger partial charge on any atom is -0.350 e. The zero-order valence-electron chi connectivity index (χ0n) is 17.6. The van der Waals surface area contributed by atoms with Gasteiger partial charge in [-0.2, -0.15) is 0 Å². The average Bonchev–Trinajstić information content (AvgIpc) is 2.71. The van der Waals surface area contributed by atoms with E-state index in [4.69, 9.17) is 0 Å². The molecule has 0 aromatic heterocycles. The number of benzene rings is 2. The molecule has 0 heterocycles. The van der Waals surface area contributed by atoms with Crippen molar-refractivity contribution >= 4 is 15.9 Å². The molecule has 29 heavy (non-hydrogen) atoms. The molecule has 0 aliphatic rings. The molecule has 0 aliphatic heterocycles. The van der Waals surface area contributed by atoms with Crippen LogP contribution in [0.3, 0.4) is 0 Å². The van der Waals surface area contributed by atoms with Crippen LogP contribution in [0.4, 0.5) is 0 Å². The van der Waals surface area contributed by atoms with Gasteiger partial charge in [-0.25, -0.2) is 13.1 Å². The van der Waals surface area contributed by atoms with Crippen LogP contribution in [0.15, 0.2) is 53.4 Å². The van der Waals surface area contributed by atoms with E-state index in [1.54, 1.807) is 19.9 Å². The largest absolute Gasteiger partial charge is 0.350 e. The number of nitrogens with one attached hydrogen (secondary N) is 2. The fraction of sp³-hybridized carbons (Fsp3) is 0.409. The summed E-state index contributed by atoms with van der Waals surface area (Å²) in [7, 11) is -3.62. The minimum atomic E-state index is -3.62. The fourth-order valence-electron chi connectivity index (χ4n) is 3.37. The number of rotatable bonds is 10. The molecule has 0 aliphatic carbocycles. The van der Waals surface area contributed by atoms with Crippen molar-refractivity contribution in [3.05, 3.63) is 65.2 Å². The topological polar surface area (TPSA) is 78.5 Å². The molecule has 0 saturated carbocycles. The lowest BCUT2D eigenvalue weighted by molar-refractivity contribution is 0.0934. The maximum absolute atomic E-state index is 12.9. The molecule has 0 spiro atoms. The molecule has 2 rings (SSSR count). The Labute approximate surface area is 174 Å². The number of carbonyl (C=O) groups is 1. The summed E-state index contributed by atoms with van der Waals surface area (Å²) in [6.45, 7) is 10.2. The Bertz CT molecular complexity index is 910. The molecule has 0 unspecified atom stereocenters. The van der Waals surface area contributed by atoms with E-state index in [9.17, 15) is 13.2 Å². The van der Waals surface area contributed by atoms with Crippen molar-refractivity contribution in [1.82, 2.24) is 14.9 Å². The Morgan fingerprint density at radius 1 is 1.03 bits per heavy atom. The second kappa shape index (κ2) is 10.5. The molecular weight excluding hydrogens is 386 g/mol. The average molecular weight is 418 g/mol. The molecule has 1 amide bonds. The fourth-order valence-corrected chi connectivity index (χ4v) is 4.44. The third-order valence-corrected chi connectivity index (χ3v) is 6.54. The molecule has 2 aromatic rings. The van der Waals surface area contributed by atoms with E-state index in [1.165, 1.54) is 12.1 Å². The first-order valence-corrected chi connectivity index (χ1v) is 11.5. The molecule has 2 aromatic carbocycles. The predicted molar refractivity (Wildman–Crippen MR) is 116 cm³/mol. The van der Waals surface area contributed by atoms with Gasteiger partial charge >= 0.3 is 0 Å². The van der Waals surface area contributed by atoms with Crippen LogP contribution >= 0.6 is 0 Å². The minimum absolute atomic E-state index is 0.0455. The maximum atomic E-state index is 12.9. The first-order chi connectivity index (χ1) is 13.8. The van der Waals surface area contributed by atoms with E-state index in [0.29, 0.717) is 18.7 Å². The van der Waals surface area contributed by atoms with Crippen LogP contribution < -0.4 is 10.0 Å². The van der Waals surface area contributed by atoms with Crippen molar-refractivity contribution in [3.8, 4) is 0 Å². The summed E-state index contributed by atoms with van der Waals surface area (Å²) >= 11 is 0. The van der Waals surface area contributed by atoms with Gasteiger partial charge in [0.05, 0.1) is 10.9 Å². The summed E-state index contributed by atoms with van der Waals surface area (Å²) in [5.74, 6) is -0.274. The summed E-state index contributed by atoms with van der Waals surface area (Å²) in [4.78, 5) is 15.3. The number of likely N-dealkylation sites (N-methyl/N-ethyl adjacent to an activating group) is 1. The van der Waals surface area contributed by atoms with Gasteiger partial charge in [0.1, 0.15) is 0 Å². The lowest BCUT2D eigenvalue weighted by Crippen LogP contribution is -2.38. The van der Waals surface area contributed by atoms with Crippen LogP contribution in [0.1, 0.15) is 48.3 Å². The molecule has 0 radical (unpaired) electrons. The van der Waals surface area contributed by atoms with Crippen molar-refractivity contribution in [3.63, 3.8) is 0 Å². The maximum Gasteiger partial charge on any atom is 0.251 e. The van der Waals surface area contributed by atoms with Crippen LogP contribution in [0.5, 0.6) is 0 Å². The number of carbonyl (C=O) groups excluding carboxylic acids is 1. The number of hydrogen-bond acceptors (Lipinski definition) is 4. The molecule has 158 valence electrons. The molecule has 1 atom stereocenters. The number of amides is 1. The van der Waals surface area contributed by atoms with Gasteiger partial charge in [0.15, 0.2) is 0 Å². The van der Waals surface area contributed by atoms with E-state index in [1.807, 2.05) is 18.2 Å². The van der Waals surface area contributed by atoms with Crippen molar-refractivity contribution < 1.29 is 13.2 Å². The van der Waals surface area contributed by atoms with Gasteiger partial charge in [-0.3, -0.25) is 9.69 Å². The van der Waals surface area contributed by atoms with Crippen molar-refractivity contribution in [2.75, 3.05) is 26.2 Å². The van der Waals surface area contributed by atoms with Crippen LogP contribution in [0.2, 0.25) is 0 Å². The normalized spacial score (nSPS) is 12.7. The molecule has 0 fully saturated rings. The quantitative estimate of drug-likeness (QED) is 0.623. The van der Waals surface area contributed by atoms with Crippen LogP contribution in [-0.4, -0.2) is 45.4 Å². The zero-order valence-corrected chi connectivity index (χ0v) is 18.4. The Kier molecular flexibility index (Phi) is 8.37. The third-order valence-electron chi connectivity index (χ3n) is 4.99. The number of hydrogen-bond donors (Lipinski definition) is 2. The summed E-state index contributed by atoms with van der Waals surface area (Å²) in [5.41, 5.74) is 2.24. The summed E-state index contributed by atoms with van der Waals surface area (Å²) in [6.07, 6.45) is 0. The van der Waals surface area contributed by atoms with Crippen molar-refractivity contribution in [2.24, 2.45) is 0 Å². The van der Waals surface area contributed by atoms with Gasteiger partial charge < -0.3 is 5.32 Å². The van der Waals surface area contributed by atoms with E-state index in [2.05, 4.69) is 40.9 Å². The standard InChI is InChI=1S/C22H31N3O3S/c1-5-24-29(27,28)19-14-13-17(4)20(15-19)22(26)23-16-21(25(6-2)7-3)18-11-9-8-10-12-18/h8-15,21,24H,5-7,16H2,1-4H3,(H,23,26)/t21-/m0/s1. The third kappa shape index (κ3) is 5.88. The Balaban J connectivity index is 2.24. The van der Waals surface area contributed by atoms with Gasteiger partial charge in [0.25, 0.3) is 5.91 Å². The lowest BCUT2D eigenvalue weighted by Gasteiger charge is -2.30. The first-order valence-electron chi connectivity index (χ1n) is 10.0. The molecule has 2 N–H and O–H groups in total. The smallest absolute Gasteiger partial charge is 0.251 e. The van der Waals surface area contributed by atoms with Crippen LogP contribution in [0, 0.1) is 6.92 Å². The monoisotopic (exact) mass is 417 g/mol.